The zero-order valence-corrected chi connectivity index (χ0v) is 20.2. The molecule has 34 heavy (non-hydrogen) atoms. The maximum Gasteiger partial charge on any atom is 0.255 e. The molecule has 2 heterocycles. The lowest BCUT2D eigenvalue weighted by Crippen LogP contribution is -2.14. The van der Waals surface area contributed by atoms with Crippen molar-refractivity contribution < 1.29 is 9.53 Å². The molecule has 0 bridgehead atoms. The fraction of sp³-hybridized carbons (Fsp3) is 0.231. The van der Waals surface area contributed by atoms with Crippen LogP contribution in [0.3, 0.4) is 0 Å². The molecule has 0 atom stereocenters. The van der Waals surface area contributed by atoms with Gasteiger partial charge in [0.25, 0.3) is 5.91 Å². The highest BCUT2D eigenvalue weighted by Gasteiger charge is 2.13. The first kappa shape index (κ1) is 23.0. The molecule has 0 saturated heterocycles. The molecule has 0 saturated carbocycles. The number of nitrogens with zero attached hydrogens (tertiary/aromatic N) is 5. The van der Waals surface area contributed by atoms with Crippen molar-refractivity contribution in [3.8, 4) is 17.4 Å². The van der Waals surface area contributed by atoms with Gasteiger partial charge in [0.05, 0.1) is 5.69 Å². The summed E-state index contributed by atoms with van der Waals surface area (Å²) in [6.45, 7) is 7.85. The molecule has 0 aliphatic carbocycles. The molecule has 0 aliphatic rings. The van der Waals surface area contributed by atoms with E-state index in [1.165, 1.54) is 0 Å². The fourth-order valence-electron chi connectivity index (χ4n) is 3.49. The molecule has 0 spiro atoms. The summed E-state index contributed by atoms with van der Waals surface area (Å²) in [7, 11) is 3.88. The molecular formula is C26H28N6O2. The number of ether oxygens (including phenoxy) is 1. The molecule has 8 nitrogen and oxygen atoms in total. The Labute approximate surface area is 199 Å². The Kier molecular flexibility index (Phi) is 6.32. The summed E-state index contributed by atoms with van der Waals surface area (Å²) in [5, 5.41) is 7.50. The Morgan fingerprint density at radius 3 is 2.35 bits per heavy atom. The van der Waals surface area contributed by atoms with Gasteiger partial charge in [-0.1, -0.05) is 6.07 Å². The highest BCUT2D eigenvalue weighted by Crippen LogP contribution is 2.25. The monoisotopic (exact) mass is 456 g/mol. The van der Waals surface area contributed by atoms with Crippen molar-refractivity contribution in [3.63, 3.8) is 0 Å². The lowest BCUT2D eigenvalue weighted by atomic mass is 10.1. The summed E-state index contributed by atoms with van der Waals surface area (Å²) < 4.78 is 7.78. The van der Waals surface area contributed by atoms with Crippen molar-refractivity contribution in [3.05, 3.63) is 82.9 Å². The second kappa shape index (κ2) is 9.35. The van der Waals surface area contributed by atoms with Crippen LogP contribution in [0.4, 0.5) is 11.4 Å². The molecule has 1 amide bonds. The molecule has 0 radical (unpaired) electrons. The van der Waals surface area contributed by atoms with E-state index in [0.29, 0.717) is 34.5 Å². The lowest BCUT2D eigenvalue weighted by Gasteiger charge is -2.13. The Hall–Kier alpha value is -4.20. The highest BCUT2D eigenvalue weighted by molar-refractivity contribution is 6.04. The van der Waals surface area contributed by atoms with E-state index >= 15 is 0 Å². The second-order valence-electron chi connectivity index (χ2n) is 8.34. The van der Waals surface area contributed by atoms with Crippen LogP contribution in [0.15, 0.2) is 54.6 Å². The minimum atomic E-state index is -0.173. The summed E-state index contributed by atoms with van der Waals surface area (Å²) in [6.07, 6.45) is 0. The highest BCUT2D eigenvalue weighted by atomic mass is 16.5. The predicted molar refractivity (Wildman–Crippen MR) is 133 cm³/mol. The van der Waals surface area contributed by atoms with Crippen LogP contribution in [0.25, 0.3) is 5.82 Å². The number of carbonyl (C=O) groups excluding carboxylic acids is 1. The maximum absolute atomic E-state index is 12.6. The number of anilines is 2. The van der Waals surface area contributed by atoms with Gasteiger partial charge in [0, 0.05) is 42.8 Å². The Morgan fingerprint density at radius 1 is 0.971 bits per heavy atom. The van der Waals surface area contributed by atoms with Crippen molar-refractivity contribution in [2.24, 2.45) is 0 Å². The smallest absolute Gasteiger partial charge is 0.255 e. The van der Waals surface area contributed by atoms with Crippen LogP contribution in [0.5, 0.6) is 11.6 Å². The largest absolute Gasteiger partial charge is 0.439 e. The van der Waals surface area contributed by atoms with Crippen molar-refractivity contribution in [1.29, 1.82) is 0 Å². The first-order chi connectivity index (χ1) is 16.2. The van der Waals surface area contributed by atoms with Crippen molar-refractivity contribution in [1.82, 2.24) is 19.7 Å². The number of carbonyl (C=O) groups is 1. The van der Waals surface area contributed by atoms with E-state index in [0.717, 1.165) is 22.6 Å². The molecule has 0 fully saturated rings. The first-order valence-electron chi connectivity index (χ1n) is 11.0. The van der Waals surface area contributed by atoms with Gasteiger partial charge in [0.1, 0.15) is 11.6 Å². The van der Waals surface area contributed by atoms with E-state index in [1.807, 2.05) is 64.9 Å². The van der Waals surface area contributed by atoms with Gasteiger partial charge in [-0.05, 0) is 75.7 Å². The minimum Gasteiger partial charge on any atom is -0.439 e. The van der Waals surface area contributed by atoms with Gasteiger partial charge >= 0.3 is 0 Å². The maximum atomic E-state index is 12.6. The Bertz CT molecular complexity index is 1340. The van der Waals surface area contributed by atoms with Crippen LogP contribution in [-0.4, -0.2) is 39.8 Å². The second-order valence-corrected chi connectivity index (χ2v) is 8.34. The minimum absolute atomic E-state index is 0.173. The van der Waals surface area contributed by atoms with Crippen molar-refractivity contribution in [2.45, 2.75) is 27.7 Å². The summed E-state index contributed by atoms with van der Waals surface area (Å²) in [5.41, 5.74) is 5.34. The number of benzene rings is 2. The number of aromatic nitrogens is 4. The number of aryl methyl sites for hydroxylation is 2. The van der Waals surface area contributed by atoms with E-state index in [4.69, 9.17) is 4.74 Å². The molecular weight excluding hydrogens is 428 g/mol. The van der Waals surface area contributed by atoms with Crippen LogP contribution < -0.4 is 15.0 Å². The molecule has 4 aromatic rings. The SMILES string of the molecule is Cc1nc(Oc2ccc(NC(=O)c3cccc(N(C)C)c3)cc2)cc(-n2nc(C)c(C)c2C)n1. The zero-order chi connectivity index (χ0) is 24.4. The molecule has 174 valence electrons. The molecule has 0 aliphatic heterocycles. The third-order valence-corrected chi connectivity index (χ3v) is 5.63. The molecule has 8 heteroatoms. The van der Waals surface area contributed by atoms with Gasteiger partial charge in [0.15, 0.2) is 5.82 Å². The number of hydrogen-bond acceptors (Lipinski definition) is 6. The molecule has 2 aromatic heterocycles. The van der Waals surface area contributed by atoms with Gasteiger partial charge in [-0.25, -0.2) is 9.67 Å². The number of nitrogens with one attached hydrogen (secondary N) is 1. The molecule has 0 unspecified atom stereocenters. The van der Waals surface area contributed by atoms with Gasteiger partial charge in [-0.2, -0.15) is 10.1 Å². The van der Waals surface area contributed by atoms with Crippen molar-refractivity contribution >= 4 is 17.3 Å². The summed E-state index contributed by atoms with van der Waals surface area (Å²) >= 11 is 0. The lowest BCUT2D eigenvalue weighted by molar-refractivity contribution is 0.102. The molecule has 4 rings (SSSR count). The number of amides is 1. The van der Waals surface area contributed by atoms with Crippen LogP contribution in [-0.2, 0) is 0 Å². The Balaban J connectivity index is 1.49. The summed E-state index contributed by atoms with van der Waals surface area (Å²) in [5.74, 6) is 2.08. The van der Waals surface area contributed by atoms with Gasteiger partial charge in [0.2, 0.25) is 5.88 Å². The van der Waals surface area contributed by atoms with E-state index in [-0.39, 0.29) is 5.91 Å². The number of rotatable bonds is 6. The third kappa shape index (κ3) is 4.91. The normalized spacial score (nSPS) is 10.8. The van der Waals surface area contributed by atoms with Gasteiger partial charge in [-0.15, -0.1) is 0 Å². The van der Waals surface area contributed by atoms with E-state index in [2.05, 4.69) is 20.4 Å². The topological polar surface area (TPSA) is 85.2 Å². The van der Waals surface area contributed by atoms with Crippen LogP contribution in [0, 0.1) is 27.7 Å². The molecule has 2 aromatic carbocycles. The van der Waals surface area contributed by atoms with Gasteiger partial charge < -0.3 is 15.0 Å². The average Bonchev–Trinajstić information content (AvgIpc) is 3.07. The predicted octanol–water partition coefficient (Wildman–Crippen LogP) is 5.01. The van der Waals surface area contributed by atoms with Crippen LogP contribution >= 0.6 is 0 Å². The quantitative estimate of drug-likeness (QED) is 0.439. The molecule has 1 N–H and O–H groups in total. The van der Waals surface area contributed by atoms with Gasteiger partial charge in [-0.3, -0.25) is 4.79 Å². The van der Waals surface area contributed by atoms with E-state index in [1.54, 1.807) is 41.1 Å². The van der Waals surface area contributed by atoms with Crippen molar-refractivity contribution in [2.75, 3.05) is 24.3 Å². The average molecular weight is 457 g/mol. The number of hydrogen-bond donors (Lipinski definition) is 1. The summed E-state index contributed by atoms with van der Waals surface area (Å²) in [4.78, 5) is 23.5. The van der Waals surface area contributed by atoms with E-state index in [9.17, 15) is 4.79 Å². The zero-order valence-electron chi connectivity index (χ0n) is 20.2. The summed E-state index contributed by atoms with van der Waals surface area (Å²) in [6, 6.07) is 16.4. The van der Waals surface area contributed by atoms with Crippen LogP contribution in [0.1, 0.15) is 33.1 Å². The third-order valence-electron chi connectivity index (χ3n) is 5.63. The van der Waals surface area contributed by atoms with E-state index < -0.39 is 0 Å². The van der Waals surface area contributed by atoms with Crippen LogP contribution in [0.2, 0.25) is 0 Å². The Morgan fingerprint density at radius 2 is 1.71 bits per heavy atom. The first-order valence-corrected chi connectivity index (χ1v) is 11.0. The standard InChI is InChI=1S/C26H28N6O2/c1-16-17(2)30-32(18(16)3)24-15-25(28-19(4)27-24)34-23-12-10-21(11-13-23)29-26(33)20-8-7-9-22(14-20)31(5)6/h7-15H,1-6H3,(H,29,33). The fourth-order valence-corrected chi connectivity index (χ4v) is 3.49.